The summed E-state index contributed by atoms with van der Waals surface area (Å²) in [5.74, 6) is 1.63. The minimum atomic E-state index is 0. The fourth-order valence-corrected chi connectivity index (χ4v) is 4.21. The van der Waals surface area contributed by atoms with Crippen molar-refractivity contribution in [2.75, 3.05) is 0 Å². The Kier molecular flexibility index (Phi) is 15.7. The van der Waals surface area contributed by atoms with E-state index in [4.69, 9.17) is 10.3 Å². The standard InChI is InChI=1S/C28H39N2.C7H7.CH3.Ni/c1-17(2)23-13-11-14-24(18(3)4)27(23)29-21(9)22(10)30-28-25(19(5)6)15-12-16-26(28)20(7)8;1-7-5-3-2-4-6-7;;/h11-20H,9H2,1-8,10H3;2-6H,1H2;1H3;/q2*-1;+1;+2. The first-order valence-corrected chi connectivity index (χ1v) is 13.5. The molecule has 0 aliphatic heterocycles. The van der Waals surface area contributed by atoms with Crippen LogP contribution in [-0.2, 0) is 16.5 Å². The minimum absolute atomic E-state index is 0. The van der Waals surface area contributed by atoms with Gasteiger partial charge in [0.1, 0.15) is 0 Å². The van der Waals surface area contributed by atoms with Crippen LogP contribution in [0.1, 0.15) is 114 Å². The second-order valence-corrected chi connectivity index (χ2v) is 10.9. The molecule has 0 saturated heterocycles. The van der Waals surface area contributed by atoms with Crippen molar-refractivity contribution in [3.05, 3.63) is 126 Å². The molecule has 2 nitrogen and oxygen atoms in total. The molecule has 0 aromatic heterocycles. The van der Waals surface area contributed by atoms with E-state index in [-0.39, 0.29) is 23.9 Å². The predicted molar refractivity (Wildman–Crippen MR) is 171 cm³/mol. The minimum Gasteiger partial charge on any atom is -0.656 e. The maximum absolute atomic E-state index is 5.07. The normalized spacial score (nSPS) is 11.1. The van der Waals surface area contributed by atoms with E-state index in [0.29, 0.717) is 23.7 Å². The van der Waals surface area contributed by atoms with Crippen LogP contribution in [-0.4, -0.2) is 5.71 Å². The smallest absolute Gasteiger partial charge is 0.656 e. The number of aliphatic imine (C=N–C) groups is 1. The average Bonchev–Trinajstić information content (AvgIpc) is 2.84. The van der Waals surface area contributed by atoms with Gasteiger partial charge in [-0.1, -0.05) is 109 Å². The van der Waals surface area contributed by atoms with Crippen LogP contribution in [0.4, 0.5) is 11.4 Å². The molecule has 3 heteroatoms. The van der Waals surface area contributed by atoms with Crippen LogP contribution in [0, 0.1) is 14.4 Å². The number of para-hydroxylation sites is 2. The van der Waals surface area contributed by atoms with Gasteiger partial charge in [-0.2, -0.15) is 24.6 Å². The number of hydrogen-bond donors (Lipinski definition) is 0. The van der Waals surface area contributed by atoms with Crippen LogP contribution >= 0.6 is 0 Å². The monoisotopic (exact) mass is 567 g/mol. The summed E-state index contributed by atoms with van der Waals surface area (Å²) >= 11 is 0. The molecule has 0 heterocycles. The third-order valence-corrected chi connectivity index (χ3v) is 6.47. The number of benzene rings is 3. The van der Waals surface area contributed by atoms with Crippen molar-refractivity contribution in [3.63, 3.8) is 0 Å². The molecule has 3 rings (SSSR count). The Morgan fingerprint density at radius 1 is 0.667 bits per heavy atom. The number of nitrogens with zero attached hydrogens (tertiary/aromatic N) is 2. The van der Waals surface area contributed by atoms with Gasteiger partial charge in [-0.05, 0) is 41.7 Å². The van der Waals surface area contributed by atoms with Crippen LogP contribution in [0.25, 0.3) is 5.32 Å². The van der Waals surface area contributed by atoms with Crippen LogP contribution in [0.5, 0.6) is 0 Å². The third kappa shape index (κ3) is 10.3. The first kappa shape index (κ1) is 36.1. The van der Waals surface area contributed by atoms with Gasteiger partial charge in [-0.25, -0.2) is 0 Å². The molecule has 0 spiro atoms. The summed E-state index contributed by atoms with van der Waals surface area (Å²) in [5.41, 5.74) is 9.90. The van der Waals surface area contributed by atoms with Crippen molar-refractivity contribution in [2.24, 2.45) is 4.99 Å². The summed E-state index contributed by atoms with van der Waals surface area (Å²) in [6.45, 7) is 27.8. The molecule has 0 N–H and O–H groups in total. The Labute approximate surface area is 250 Å². The average molecular weight is 568 g/mol. The van der Waals surface area contributed by atoms with E-state index in [1.807, 2.05) is 37.3 Å². The van der Waals surface area contributed by atoms with Gasteiger partial charge in [0, 0.05) is 13.1 Å². The summed E-state index contributed by atoms with van der Waals surface area (Å²) < 4.78 is 0. The summed E-state index contributed by atoms with van der Waals surface area (Å²) in [4.78, 5) is 5.07. The van der Waals surface area contributed by atoms with Crippen molar-refractivity contribution < 1.29 is 16.5 Å². The zero-order chi connectivity index (χ0) is 27.7. The van der Waals surface area contributed by atoms with Gasteiger partial charge in [0.2, 0.25) is 0 Å². The zero-order valence-electron chi connectivity index (χ0n) is 25.8. The van der Waals surface area contributed by atoms with Gasteiger partial charge in [0.15, 0.2) is 0 Å². The molecule has 3 aromatic rings. The van der Waals surface area contributed by atoms with Gasteiger partial charge >= 0.3 is 16.5 Å². The van der Waals surface area contributed by atoms with E-state index in [2.05, 4.69) is 105 Å². The van der Waals surface area contributed by atoms with Crippen molar-refractivity contribution >= 4 is 17.1 Å². The number of hydrogen-bond acceptors (Lipinski definition) is 1. The molecule has 0 aliphatic carbocycles. The zero-order valence-corrected chi connectivity index (χ0v) is 26.8. The topological polar surface area (TPSA) is 26.5 Å². The van der Waals surface area contributed by atoms with E-state index >= 15 is 0 Å². The SMILES string of the molecule is C=C([N-]c1c(C(C)C)cccc1C(C)C)C(C)=Nc1c(C(C)C)cccc1C(C)C.[CH2-]c1ccccc1.[CH3+].[Ni+2]. The van der Waals surface area contributed by atoms with Gasteiger partial charge in [0.05, 0.1) is 5.69 Å². The number of allylic oxidation sites excluding steroid dienone is 1. The van der Waals surface area contributed by atoms with E-state index in [1.54, 1.807) is 0 Å². The maximum Gasteiger partial charge on any atom is 2.00 e. The third-order valence-electron chi connectivity index (χ3n) is 6.47. The first-order chi connectivity index (χ1) is 17.4. The van der Waals surface area contributed by atoms with Crippen LogP contribution in [0.2, 0.25) is 0 Å². The number of rotatable bonds is 8. The largest absolute Gasteiger partial charge is 2.00 e. The fraction of sp³-hybridized carbons (Fsp3) is 0.361. The van der Waals surface area contributed by atoms with Crippen LogP contribution in [0.15, 0.2) is 84.0 Å². The molecular formula is C36H49N2Ni+. The molecule has 3 aromatic carbocycles. The Balaban J connectivity index is 0.00000139. The van der Waals surface area contributed by atoms with E-state index in [0.717, 1.165) is 28.3 Å². The van der Waals surface area contributed by atoms with Crippen LogP contribution < -0.4 is 0 Å². The molecule has 0 saturated carbocycles. The van der Waals surface area contributed by atoms with Crippen molar-refractivity contribution in [1.82, 2.24) is 0 Å². The van der Waals surface area contributed by atoms with Crippen molar-refractivity contribution in [3.8, 4) is 0 Å². The molecule has 0 radical (unpaired) electrons. The second-order valence-electron chi connectivity index (χ2n) is 10.9. The maximum atomic E-state index is 5.07. The molecular weight excluding hydrogens is 519 g/mol. The molecule has 0 fully saturated rings. The summed E-state index contributed by atoms with van der Waals surface area (Å²) in [6.07, 6.45) is 0. The van der Waals surface area contributed by atoms with E-state index < -0.39 is 0 Å². The fourth-order valence-electron chi connectivity index (χ4n) is 4.21. The van der Waals surface area contributed by atoms with Crippen molar-refractivity contribution in [2.45, 2.75) is 86.0 Å². The van der Waals surface area contributed by atoms with E-state index in [1.165, 1.54) is 22.3 Å². The molecule has 39 heavy (non-hydrogen) atoms. The molecule has 0 unspecified atom stereocenters. The first-order valence-electron chi connectivity index (χ1n) is 13.5. The summed E-state index contributed by atoms with van der Waals surface area (Å²) in [7, 11) is 0. The van der Waals surface area contributed by atoms with Gasteiger partial charge in [-0.3, -0.25) is 4.99 Å². The van der Waals surface area contributed by atoms with Crippen molar-refractivity contribution in [1.29, 1.82) is 0 Å². The molecule has 0 aliphatic rings. The van der Waals surface area contributed by atoms with E-state index in [9.17, 15) is 0 Å². The second kappa shape index (κ2) is 16.9. The Morgan fingerprint density at radius 2 is 1.05 bits per heavy atom. The molecule has 212 valence electrons. The molecule has 0 amide bonds. The quantitative estimate of drug-likeness (QED) is 0.147. The molecule has 0 bridgehead atoms. The Morgan fingerprint density at radius 3 is 1.38 bits per heavy atom. The van der Waals surface area contributed by atoms with Gasteiger partial charge < -0.3 is 5.32 Å². The summed E-state index contributed by atoms with van der Waals surface area (Å²) in [6, 6.07) is 22.9. The molecule has 0 atom stereocenters. The Bertz CT molecular complexity index is 1140. The summed E-state index contributed by atoms with van der Waals surface area (Å²) in [5, 5.41) is 5.02. The van der Waals surface area contributed by atoms with Gasteiger partial charge in [0.25, 0.3) is 0 Å². The predicted octanol–water partition coefficient (Wildman–Crippen LogP) is 11.8. The Hall–Kier alpha value is -2.90. The van der Waals surface area contributed by atoms with Crippen LogP contribution in [0.3, 0.4) is 0 Å². The van der Waals surface area contributed by atoms with Gasteiger partial charge in [-0.15, -0.1) is 30.1 Å².